The van der Waals surface area contributed by atoms with Gasteiger partial charge < -0.3 is 10.0 Å². The predicted molar refractivity (Wildman–Crippen MR) is 74.6 cm³/mol. The molecule has 0 saturated carbocycles. The number of likely N-dealkylation sites (tertiary alicyclic amines) is 1. The van der Waals surface area contributed by atoms with Crippen LogP contribution in [0, 0.1) is 0 Å². The average Bonchev–Trinajstić information content (AvgIpc) is 2.82. The number of hydrogen-bond donors (Lipinski definition) is 2. The monoisotopic (exact) mass is 305 g/mol. The number of carboxylic acids is 1. The van der Waals surface area contributed by atoms with Gasteiger partial charge in [0.2, 0.25) is 0 Å². The summed E-state index contributed by atoms with van der Waals surface area (Å²) >= 11 is 0. The van der Waals surface area contributed by atoms with Gasteiger partial charge in [0.25, 0.3) is 10.2 Å². The first-order chi connectivity index (χ1) is 9.42. The molecule has 7 nitrogen and oxygen atoms in total. The molecule has 0 aromatic rings. The molecule has 2 aliphatic rings. The highest BCUT2D eigenvalue weighted by Crippen LogP contribution is 2.20. The maximum Gasteiger partial charge on any atom is 0.322 e. The molecule has 0 spiro atoms. The second-order valence-electron chi connectivity index (χ2n) is 5.59. The van der Waals surface area contributed by atoms with Crippen molar-refractivity contribution in [2.75, 3.05) is 26.7 Å². The van der Waals surface area contributed by atoms with Crippen molar-refractivity contribution in [2.45, 2.75) is 44.2 Å². The van der Waals surface area contributed by atoms with Crippen molar-refractivity contribution < 1.29 is 18.3 Å². The van der Waals surface area contributed by atoms with Crippen molar-refractivity contribution in [3.05, 3.63) is 0 Å². The fraction of sp³-hybridized carbons (Fsp3) is 0.917. The van der Waals surface area contributed by atoms with Gasteiger partial charge in [0.15, 0.2) is 0 Å². The highest BCUT2D eigenvalue weighted by atomic mass is 32.2. The Morgan fingerprint density at radius 2 is 2.00 bits per heavy atom. The molecule has 116 valence electrons. The quantitative estimate of drug-likeness (QED) is 0.737. The number of likely N-dealkylation sites (N-methyl/N-ethyl adjacent to an activating group) is 1. The van der Waals surface area contributed by atoms with Crippen LogP contribution in [0.25, 0.3) is 0 Å². The summed E-state index contributed by atoms with van der Waals surface area (Å²) in [6.07, 6.45) is 3.91. The van der Waals surface area contributed by atoms with Crippen LogP contribution in [0.2, 0.25) is 0 Å². The van der Waals surface area contributed by atoms with Gasteiger partial charge in [-0.3, -0.25) is 4.79 Å². The number of carboxylic acid groups (broad SMARTS) is 1. The molecule has 20 heavy (non-hydrogen) atoms. The minimum absolute atomic E-state index is 0.206. The van der Waals surface area contributed by atoms with E-state index in [9.17, 15) is 13.2 Å². The Balaban J connectivity index is 1.99. The molecule has 2 saturated heterocycles. The van der Waals surface area contributed by atoms with Crippen molar-refractivity contribution in [1.29, 1.82) is 0 Å². The van der Waals surface area contributed by atoms with Gasteiger partial charge in [-0.05, 0) is 45.7 Å². The summed E-state index contributed by atoms with van der Waals surface area (Å²) in [7, 11) is -1.73. The zero-order valence-corrected chi connectivity index (χ0v) is 12.6. The van der Waals surface area contributed by atoms with E-state index in [2.05, 4.69) is 9.62 Å². The summed E-state index contributed by atoms with van der Waals surface area (Å²) < 4.78 is 28.3. The van der Waals surface area contributed by atoms with Gasteiger partial charge in [-0.1, -0.05) is 0 Å². The van der Waals surface area contributed by atoms with Gasteiger partial charge in [0.1, 0.15) is 6.04 Å². The summed E-state index contributed by atoms with van der Waals surface area (Å²) in [5.41, 5.74) is 0. The number of hydrogen-bond acceptors (Lipinski definition) is 4. The van der Waals surface area contributed by atoms with Crippen LogP contribution in [0.4, 0.5) is 0 Å². The molecule has 2 N–H and O–H groups in total. The Labute approximate surface area is 120 Å². The number of rotatable bonds is 5. The SMILES string of the molecule is CN1CCCC1CNS(=O)(=O)N1CCCCC1C(=O)O. The second-order valence-corrected chi connectivity index (χ2v) is 7.30. The minimum atomic E-state index is -3.71. The first-order valence-corrected chi connectivity index (χ1v) is 8.55. The van der Waals surface area contributed by atoms with Crippen LogP contribution in [-0.4, -0.2) is 67.5 Å². The van der Waals surface area contributed by atoms with Crippen molar-refractivity contribution in [1.82, 2.24) is 13.9 Å². The van der Waals surface area contributed by atoms with E-state index in [0.29, 0.717) is 19.4 Å². The molecule has 0 aromatic carbocycles. The number of carbonyl (C=O) groups is 1. The lowest BCUT2D eigenvalue weighted by Crippen LogP contribution is -2.53. The molecule has 2 unspecified atom stereocenters. The standard InChI is InChI=1S/C12H23N3O4S/c1-14-7-4-5-10(14)9-13-20(18,19)15-8-3-2-6-11(15)12(16)17/h10-11,13H,2-9H2,1H3,(H,16,17). The van der Waals surface area contributed by atoms with Gasteiger partial charge in [-0.15, -0.1) is 0 Å². The van der Waals surface area contributed by atoms with E-state index in [4.69, 9.17) is 5.11 Å². The van der Waals surface area contributed by atoms with Crippen LogP contribution in [-0.2, 0) is 15.0 Å². The van der Waals surface area contributed by atoms with Crippen LogP contribution < -0.4 is 4.72 Å². The van der Waals surface area contributed by atoms with E-state index in [1.807, 2.05) is 7.05 Å². The summed E-state index contributed by atoms with van der Waals surface area (Å²) in [5, 5.41) is 9.15. The molecule has 2 fully saturated rings. The predicted octanol–water partition coefficient (Wildman–Crippen LogP) is -0.146. The third kappa shape index (κ3) is 3.49. The maximum absolute atomic E-state index is 12.3. The first-order valence-electron chi connectivity index (χ1n) is 7.11. The molecule has 0 bridgehead atoms. The third-order valence-corrected chi connectivity index (χ3v) is 5.81. The lowest BCUT2D eigenvalue weighted by Gasteiger charge is -2.32. The Kier molecular flexibility index (Phi) is 5.00. The fourth-order valence-corrected chi connectivity index (χ4v) is 4.43. The summed E-state index contributed by atoms with van der Waals surface area (Å²) in [5.74, 6) is -1.06. The maximum atomic E-state index is 12.3. The lowest BCUT2D eigenvalue weighted by atomic mass is 10.1. The Morgan fingerprint density at radius 3 is 2.60 bits per heavy atom. The fourth-order valence-electron chi connectivity index (χ4n) is 2.96. The molecule has 8 heteroatoms. The molecule has 0 amide bonds. The Hall–Kier alpha value is -0.700. The molecule has 0 aliphatic carbocycles. The first kappa shape index (κ1) is 15.7. The van der Waals surface area contributed by atoms with E-state index in [0.717, 1.165) is 30.1 Å². The Morgan fingerprint density at radius 1 is 1.25 bits per heavy atom. The number of piperidine rings is 1. The summed E-state index contributed by atoms with van der Waals surface area (Å²) in [6, 6.07) is -0.722. The summed E-state index contributed by atoms with van der Waals surface area (Å²) in [6.45, 7) is 1.61. The number of aliphatic carboxylic acids is 1. The van der Waals surface area contributed by atoms with Gasteiger partial charge in [-0.2, -0.15) is 12.7 Å². The van der Waals surface area contributed by atoms with Crippen molar-refractivity contribution in [2.24, 2.45) is 0 Å². The third-order valence-electron chi connectivity index (χ3n) is 4.22. The number of nitrogens with zero attached hydrogens (tertiary/aromatic N) is 2. The van der Waals surface area contributed by atoms with E-state index in [1.165, 1.54) is 0 Å². The number of nitrogens with one attached hydrogen (secondary N) is 1. The van der Waals surface area contributed by atoms with E-state index >= 15 is 0 Å². The average molecular weight is 305 g/mol. The molecule has 0 aromatic heterocycles. The van der Waals surface area contributed by atoms with Crippen LogP contribution >= 0.6 is 0 Å². The van der Waals surface area contributed by atoms with Gasteiger partial charge >= 0.3 is 5.97 Å². The van der Waals surface area contributed by atoms with E-state index in [-0.39, 0.29) is 12.6 Å². The van der Waals surface area contributed by atoms with Gasteiger partial charge in [0, 0.05) is 19.1 Å². The lowest BCUT2D eigenvalue weighted by molar-refractivity contribution is -0.142. The van der Waals surface area contributed by atoms with Crippen LogP contribution in [0.3, 0.4) is 0 Å². The van der Waals surface area contributed by atoms with E-state index < -0.39 is 22.2 Å². The Bertz CT molecular complexity index is 454. The van der Waals surface area contributed by atoms with E-state index in [1.54, 1.807) is 0 Å². The molecule has 2 rings (SSSR count). The largest absolute Gasteiger partial charge is 0.480 e. The van der Waals surface area contributed by atoms with Gasteiger partial charge in [-0.25, -0.2) is 4.72 Å². The zero-order chi connectivity index (χ0) is 14.8. The molecular weight excluding hydrogens is 282 g/mol. The molecule has 0 radical (unpaired) electrons. The molecule has 2 heterocycles. The molecule has 2 atom stereocenters. The van der Waals surface area contributed by atoms with Crippen molar-refractivity contribution >= 4 is 16.2 Å². The van der Waals surface area contributed by atoms with Crippen LogP contribution in [0.15, 0.2) is 0 Å². The highest BCUT2D eigenvalue weighted by Gasteiger charge is 2.37. The van der Waals surface area contributed by atoms with Crippen molar-refractivity contribution in [3.8, 4) is 0 Å². The highest BCUT2D eigenvalue weighted by molar-refractivity contribution is 7.87. The zero-order valence-electron chi connectivity index (χ0n) is 11.8. The second kappa shape index (κ2) is 6.38. The smallest absolute Gasteiger partial charge is 0.322 e. The van der Waals surface area contributed by atoms with Crippen LogP contribution in [0.1, 0.15) is 32.1 Å². The van der Waals surface area contributed by atoms with Crippen LogP contribution in [0.5, 0.6) is 0 Å². The topological polar surface area (TPSA) is 90.0 Å². The van der Waals surface area contributed by atoms with Gasteiger partial charge in [0.05, 0.1) is 0 Å². The normalized spacial score (nSPS) is 29.6. The molecular formula is C12H23N3O4S. The molecule has 2 aliphatic heterocycles. The van der Waals surface area contributed by atoms with Crippen molar-refractivity contribution in [3.63, 3.8) is 0 Å². The summed E-state index contributed by atoms with van der Waals surface area (Å²) in [4.78, 5) is 13.3. The minimum Gasteiger partial charge on any atom is -0.480 e.